The molecule has 0 aromatic heterocycles. The number of ether oxygens (including phenoxy) is 1. The molecule has 0 unspecified atom stereocenters. The topological polar surface area (TPSA) is 63.7 Å². The Balaban J connectivity index is 1.97. The molecule has 0 fully saturated rings. The maximum absolute atomic E-state index is 13.5. The Morgan fingerprint density at radius 1 is 0.903 bits per heavy atom. The van der Waals surface area contributed by atoms with Crippen LogP contribution in [0.3, 0.4) is 0 Å². The number of carbonyl (C=O) groups excluding carboxylic acids is 1. The van der Waals surface area contributed by atoms with Gasteiger partial charge in [0.1, 0.15) is 0 Å². The Morgan fingerprint density at radius 2 is 1.55 bits per heavy atom. The van der Waals surface area contributed by atoms with Gasteiger partial charge in [0, 0.05) is 10.0 Å². The first-order valence-electron chi connectivity index (χ1n) is 9.57. The van der Waals surface area contributed by atoms with E-state index in [4.69, 9.17) is 27.9 Å². The molecule has 0 atom stereocenters. The number of hydrogen-bond acceptors (Lipinski definition) is 4. The number of nitrogens with zero attached hydrogens (tertiary/aromatic N) is 1. The molecule has 0 bridgehead atoms. The van der Waals surface area contributed by atoms with Crippen LogP contribution in [0.2, 0.25) is 10.0 Å². The van der Waals surface area contributed by atoms with E-state index in [1.807, 2.05) is 0 Å². The van der Waals surface area contributed by atoms with E-state index in [2.05, 4.69) is 0 Å². The Bertz CT molecular complexity index is 1150. The highest BCUT2D eigenvalue weighted by Crippen LogP contribution is 2.28. The molecule has 0 amide bonds. The third-order valence-electron chi connectivity index (χ3n) is 4.50. The summed E-state index contributed by atoms with van der Waals surface area (Å²) in [4.78, 5) is 11.8. The lowest BCUT2D eigenvalue weighted by Gasteiger charge is -2.25. The van der Waals surface area contributed by atoms with Crippen LogP contribution < -0.4 is 4.31 Å². The van der Waals surface area contributed by atoms with Crippen molar-refractivity contribution in [3.8, 4) is 0 Å². The van der Waals surface area contributed by atoms with Crippen molar-refractivity contribution in [3.63, 3.8) is 0 Å². The van der Waals surface area contributed by atoms with Crippen molar-refractivity contribution in [2.75, 3.05) is 10.9 Å². The molecule has 0 aliphatic carbocycles. The normalized spacial score (nSPS) is 11.2. The van der Waals surface area contributed by atoms with Gasteiger partial charge in [-0.3, -0.25) is 9.10 Å². The summed E-state index contributed by atoms with van der Waals surface area (Å²) in [6.45, 7) is 2.16. The monoisotopic (exact) mass is 477 g/mol. The standard InChI is InChI=1S/C23H21Cl2NO4S/c1-2-30-23(27)14-17-8-12-21(13-9-17)26(16-18-6-10-19(24)11-7-18)31(28,29)22-5-3-4-20(25)15-22/h3-13,15H,2,14,16H2,1H3. The summed E-state index contributed by atoms with van der Waals surface area (Å²) < 4.78 is 33.2. The first-order valence-corrected chi connectivity index (χ1v) is 11.8. The number of rotatable bonds is 8. The van der Waals surface area contributed by atoms with E-state index in [1.165, 1.54) is 16.4 Å². The minimum absolute atomic E-state index is 0.0876. The molecule has 0 saturated heterocycles. The third-order valence-corrected chi connectivity index (χ3v) is 6.76. The molecule has 5 nitrogen and oxygen atoms in total. The van der Waals surface area contributed by atoms with Crippen molar-refractivity contribution < 1.29 is 17.9 Å². The van der Waals surface area contributed by atoms with Crippen molar-refractivity contribution in [1.82, 2.24) is 0 Å². The van der Waals surface area contributed by atoms with Crippen LogP contribution in [-0.2, 0) is 32.5 Å². The Morgan fingerprint density at radius 3 is 2.16 bits per heavy atom. The Kier molecular flexibility index (Phi) is 7.59. The minimum Gasteiger partial charge on any atom is -0.466 e. The Hall–Kier alpha value is -2.54. The van der Waals surface area contributed by atoms with E-state index in [1.54, 1.807) is 67.6 Å². The number of esters is 1. The summed E-state index contributed by atoms with van der Waals surface area (Å²) in [6.07, 6.45) is 0.117. The van der Waals surface area contributed by atoms with Gasteiger partial charge >= 0.3 is 5.97 Å². The van der Waals surface area contributed by atoms with Crippen LogP contribution in [0, 0.1) is 0 Å². The number of benzene rings is 3. The van der Waals surface area contributed by atoms with Crippen LogP contribution in [0.5, 0.6) is 0 Å². The average molecular weight is 478 g/mol. The van der Waals surface area contributed by atoms with Gasteiger partial charge in [0.2, 0.25) is 0 Å². The number of carbonyl (C=O) groups is 1. The molecule has 31 heavy (non-hydrogen) atoms. The molecule has 0 spiro atoms. The zero-order valence-corrected chi connectivity index (χ0v) is 19.1. The lowest BCUT2D eigenvalue weighted by atomic mass is 10.1. The van der Waals surface area contributed by atoms with Crippen LogP contribution >= 0.6 is 23.2 Å². The Labute approximate surface area is 192 Å². The number of anilines is 1. The number of hydrogen-bond donors (Lipinski definition) is 0. The van der Waals surface area contributed by atoms with E-state index in [9.17, 15) is 13.2 Å². The lowest BCUT2D eigenvalue weighted by molar-refractivity contribution is -0.142. The van der Waals surface area contributed by atoms with Gasteiger partial charge in [-0.15, -0.1) is 0 Å². The number of halogens is 2. The molecule has 0 radical (unpaired) electrons. The smallest absolute Gasteiger partial charge is 0.310 e. The van der Waals surface area contributed by atoms with E-state index < -0.39 is 10.0 Å². The van der Waals surface area contributed by atoms with Crippen molar-refractivity contribution in [3.05, 3.63) is 94.0 Å². The second-order valence-electron chi connectivity index (χ2n) is 6.74. The zero-order valence-electron chi connectivity index (χ0n) is 16.8. The lowest BCUT2D eigenvalue weighted by Crippen LogP contribution is -2.30. The van der Waals surface area contributed by atoms with Crippen LogP contribution in [0.25, 0.3) is 0 Å². The van der Waals surface area contributed by atoms with Crippen molar-refractivity contribution >= 4 is 44.9 Å². The first-order chi connectivity index (χ1) is 14.8. The van der Waals surface area contributed by atoms with Gasteiger partial charge in [-0.25, -0.2) is 8.42 Å². The summed E-state index contributed by atoms with van der Waals surface area (Å²) in [5, 5.41) is 0.897. The largest absolute Gasteiger partial charge is 0.466 e. The maximum Gasteiger partial charge on any atom is 0.310 e. The third kappa shape index (κ3) is 6.00. The molecule has 162 valence electrons. The summed E-state index contributed by atoms with van der Waals surface area (Å²) in [5.41, 5.74) is 1.96. The molecule has 8 heteroatoms. The predicted molar refractivity (Wildman–Crippen MR) is 123 cm³/mol. The fourth-order valence-electron chi connectivity index (χ4n) is 2.98. The quantitative estimate of drug-likeness (QED) is 0.402. The molecule has 0 saturated carbocycles. The maximum atomic E-state index is 13.5. The second kappa shape index (κ2) is 10.2. The molecule has 3 aromatic carbocycles. The second-order valence-corrected chi connectivity index (χ2v) is 9.48. The van der Waals surface area contributed by atoms with Gasteiger partial charge in [-0.2, -0.15) is 0 Å². The average Bonchev–Trinajstić information content (AvgIpc) is 2.74. The van der Waals surface area contributed by atoms with Gasteiger partial charge < -0.3 is 4.74 Å². The molecular weight excluding hydrogens is 457 g/mol. The molecule has 0 heterocycles. The summed E-state index contributed by atoms with van der Waals surface area (Å²) in [6, 6.07) is 19.9. The van der Waals surface area contributed by atoms with Crippen LogP contribution in [0.1, 0.15) is 18.1 Å². The van der Waals surface area contributed by atoms with Crippen LogP contribution in [0.4, 0.5) is 5.69 Å². The fourth-order valence-corrected chi connectivity index (χ4v) is 4.86. The van der Waals surface area contributed by atoms with Gasteiger partial charge in [0.15, 0.2) is 0 Å². The summed E-state index contributed by atoms with van der Waals surface area (Å²) in [7, 11) is -3.91. The highest BCUT2D eigenvalue weighted by Gasteiger charge is 2.25. The molecule has 0 aliphatic rings. The molecular formula is C23H21Cl2NO4S. The van der Waals surface area contributed by atoms with Crippen molar-refractivity contribution in [2.45, 2.75) is 24.8 Å². The SMILES string of the molecule is CCOC(=O)Cc1ccc(N(Cc2ccc(Cl)cc2)S(=O)(=O)c2cccc(Cl)c2)cc1. The van der Waals surface area contributed by atoms with Crippen LogP contribution in [-0.4, -0.2) is 21.0 Å². The van der Waals surface area contributed by atoms with E-state index in [0.29, 0.717) is 22.3 Å². The summed E-state index contributed by atoms with van der Waals surface area (Å²) >= 11 is 12.0. The first kappa shape index (κ1) is 23.1. The van der Waals surface area contributed by atoms with Gasteiger partial charge in [-0.05, 0) is 60.5 Å². The molecule has 3 rings (SSSR count). The van der Waals surface area contributed by atoms with E-state index >= 15 is 0 Å². The fraction of sp³-hybridized carbons (Fsp3) is 0.174. The van der Waals surface area contributed by atoms with Crippen molar-refractivity contribution in [2.24, 2.45) is 0 Å². The van der Waals surface area contributed by atoms with Gasteiger partial charge in [-0.1, -0.05) is 53.5 Å². The molecule has 3 aromatic rings. The minimum atomic E-state index is -3.91. The summed E-state index contributed by atoms with van der Waals surface area (Å²) in [5.74, 6) is -0.334. The highest BCUT2D eigenvalue weighted by molar-refractivity contribution is 7.92. The molecule has 0 aliphatic heterocycles. The van der Waals surface area contributed by atoms with Gasteiger partial charge in [0.05, 0.1) is 30.2 Å². The van der Waals surface area contributed by atoms with E-state index in [0.717, 1.165) is 11.1 Å². The predicted octanol–water partition coefficient (Wildman–Crippen LogP) is 5.49. The highest BCUT2D eigenvalue weighted by atomic mass is 35.5. The van der Waals surface area contributed by atoms with E-state index in [-0.39, 0.29) is 23.8 Å². The zero-order chi connectivity index (χ0) is 22.4. The van der Waals surface area contributed by atoms with Crippen LogP contribution in [0.15, 0.2) is 77.7 Å². The number of sulfonamides is 1. The molecule has 0 N–H and O–H groups in total. The van der Waals surface area contributed by atoms with Crippen molar-refractivity contribution in [1.29, 1.82) is 0 Å². The van der Waals surface area contributed by atoms with Gasteiger partial charge in [0.25, 0.3) is 10.0 Å².